The predicted octanol–water partition coefficient (Wildman–Crippen LogP) is 2.47. The quantitative estimate of drug-likeness (QED) is 0.811. The third-order valence-electron chi connectivity index (χ3n) is 3.31. The summed E-state index contributed by atoms with van der Waals surface area (Å²) < 4.78 is 32.1. The molecule has 1 heterocycles. The maximum Gasteiger partial charge on any atom is 0.240 e. The van der Waals surface area contributed by atoms with Crippen LogP contribution in [0.5, 0.6) is 5.75 Å². The Bertz CT molecular complexity index is 711. The number of hydrogen-bond donors (Lipinski definition) is 2. The second kappa shape index (κ2) is 7.23. The molecule has 0 amide bonds. The van der Waals surface area contributed by atoms with Gasteiger partial charge in [0.15, 0.2) is 0 Å². The van der Waals surface area contributed by atoms with Crippen molar-refractivity contribution in [2.45, 2.75) is 24.3 Å². The Morgan fingerprint density at radius 2 is 2.14 bits per heavy atom. The van der Waals surface area contributed by atoms with Crippen LogP contribution in [0.2, 0.25) is 0 Å². The van der Waals surface area contributed by atoms with Crippen molar-refractivity contribution in [2.75, 3.05) is 13.7 Å². The van der Waals surface area contributed by atoms with Gasteiger partial charge in [-0.3, -0.25) is 0 Å². The second-order valence-electron chi connectivity index (χ2n) is 4.89. The summed E-state index contributed by atoms with van der Waals surface area (Å²) in [6.07, 6.45) is -0.336. The van der Waals surface area contributed by atoms with Gasteiger partial charge in [-0.15, -0.1) is 0 Å². The number of ether oxygens (including phenoxy) is 1. The van der Waals surface area contributed by atoms with E-state index in [0.717, 1.165) is 11.1 Å². The van der Waals surface area contributed by atoms with Gasteiger partial charge in [-0.1, -0.05) is 0 Å². The lowest BCUT2D eigenvalue weighted by Crippen LogP contribution is -2.26. The molecule has 0 aliphatic rings. The van der Waals surface area contributed by atoms with Gasteiger partial charge >= 0.3 is 0 Å². The summed E-state index contributed by atoms with van der Waals surface area (Å²) in [5.41, 5.74) is 1.56. The summed E-state index contributed by atoms with van der Waals surface area (Å²) in [6, 6.07) is 6.53. The van der Waals surface area contributed by atoms with Crippen LogP contribution in [0.1, 0.15) is 23.7 Å². The van der Waals surface area contributed by atoms with Crippen LogP contribution in [0.3, 0.4) is 0 Å². The van der Waals surface area contributed by atoms with E-state index in [1.807, 2.05) is 16.8 Å². The van der Waals surface area contributed by atoms with Crippen LogP contribution >= 0.6 is 11.3 Å². The lowest BCUT2D eigenvalue weighted by atomic mass is 10.1. The molecule has 22 heavy (non-hydrogen) atoms. The Labute approximate surface area is 134 Å². The molecule has 0 aliphatic carbocycles. The zero-order valence-electron chi connectivity index (χ0n) is 12.4. The molecule has 0 saturated carbocycles. The molecule has 0 saturated heterocycles. The largest absolute Gasteiger partial charge is 0.496 e. The Morgan fingerprint density at radius 3 is 2.73 bits per heavy atom. The third-order valence-corrected chi connectivity index (χ3v) is 5.47. The Hall–Kier alpha value is -1.41. The highest BCUT2D eigenvalue weighted by molar-refractivity contribution is 7.89. The minimum atomic E-state index is -3.59. The van der Waals surface area contributed by atoms with Gasteiger partial charge in [-0.25, -0.2) is 13.1 Å². The van der Waals surface area contributed by atoms with Crippen LogP contribution in [0.4, 0.5) is 0 Å². The number of methoxy groups -OCH3 is 1. The molecule has 0 fully saturated rings. The highest BCUT2D eigenvalue weighted by Gasteiger charge is 2.16. The van der Waals surface area contributed by atoms with Crippen LogP contribution in [0.15, 0.2) is 39.9 Å². The smallest absolute Gasteiger partial charge is 0.240 e. The van der Waals surface area contributed by atoms with Gasteiger partial charge in [0.2, 0.25) is 10.0 Å². The van der Waals surface area contributed by atoms with E-state index >= 15 is 0 Å². The molecule has 7 heteroatoms. The van der Waals surface area contributed by atoms with E-state index in [-0.39, 0.29) is 11.4 Å². The number of thiophene rings is 1. The van der Waals surface area contributed by atoms with Crippen molar-refractivity contribution in [3.05, 3.63) is 46.2 Å². The first-order valence-corrected chi connectivity index (χ1v) is 9.21. The van der Waals surface area contributed by atoms with E-state index in [1.54, 1.807) is 26.2 Å². The van der Waals surface area contributed by atoms with Crippen LogP contribution in [-0.2, 0) is 10.0 Å². The van der Waals surface area contributed by atoms with Crippen LogP contribution < -0.4 is 9.46 Å². The van der Waals surface area contributed by atoms with Crippen molar-refractivity contribution < 1.29 is 18.3 Å². The first-order chi connectivity index (χ1) is 10.4. The predicted molar refractivity (Wildman–Crippen MR) is 86.8 cm³/mol. The van der Waals surface area contributed by atoms with Crippen molar-refractivity contribution in [3.8, 4) is 5.75 Å². The fraction of sp³-hybridized carbons (Fsp3) is 0.333. The molecule has 0 aliphatic heterocycles. The molecule has 0 bridgehead atoms. The number of nitrogens with one attached hydrogen (secondary N) is 1. The van der Waals surface area contributed by atoms with Gasteiger partial charge in [0.1, 0.15) is 5.75 Å². The molecule has 1 aromatic carbocycles. The maximum atomic E-state index is 12.2. The number of benzene rings is 1. The highest BCUT2D eigenvalue weighted by atomic mass is 32.2. The second-order valence-corrected chi connectivity index (χ2v) is 7.44. The number of rotatable bonds is 7. The molecule has 1 aromatic heterocycles. The summed E-state index contributed by atoms with van der Waals surface area (Å²) in [7, 11) is -2.04. The summed E-state index contributed by atoms with van der Waals surface area (Å²) in [4.78, 5) is 0.191. The van der Waals surface area contributed by atoms with Crippen LogP contribution in [0, 0.1) is 6.92 Å². The van der Waals surface area contributed by atoms with Gasteiger partial charge in [0, 0.05) is 6.54 Å². The molecule has 5 nitrogen and oxygen atoms in total. The molecule has 2 aromatic rings. The van der Waals surface area contributed by atoms with Gasteiger partial charge in [-0.2, -0.15) is 11.3 Å². The number of aliphatic hydroxyl groups is 1. The van der Waals surface area contributed by atoms with E-state index in [9.17, 15) is 13.5 Å². The lowest BCUT2D eigenvalue weighted by Gasteiger charge is -2.12. The minimum Gasteiger partial charge on any atom is -0.496 e. The average molecular weight is 341 g/mol. The molecular weight excluding hydrogens is 322 g/mol. The van der Waals surface area contributed by atoms with Gasteiger partial charge in [0.05, 0.1) is 18.1 Å². The summed E-state index contributed by atoms with van der Waals surface area (Å²) in [5, 5.41) is 13.7. The van der Waals surface area contributed by atoms with E-state index < -0.39 is 16.1 Å². The number of sulfonamides is 1. The topological polar surface area (TPSA) is 75.6 Å². The van der Waals surface area contributed by atoms with Gasteiger partial charge in [0.25, 0.3) is 0 Å². The van der Waals surface area contributed by atoms with Gasteiger partial charge < -0.3 is 9.84 Å². The standard InChI is InChI=1S/C15H19NO4S2/c1-11-9-13(3-4-15(11)20-2)22(18,19)16-7-5-14(17)12-6-8-21-10-12/h3-4,6,8-10,14,16-17H,5,7H2,1-2H3/t14-/m1/s1. The fourth-order valence-corrected chi connectivity index (χ4v) is 3.90. The molecular formula is C15H19NO4S2. The molecule has 1 atom stereocenters. The first-order valence-electron chi connectivity index (χ1n) is 6.78. The fourth-order valence-electron chi connectivity index (χ4n) is 2.06. The van der Waals surface area contributed by atoms with Crippen LogP contribution in [-0.4, -0.2) is 27.2 Å². The van der Waals surface area contributed by atoms with E-state index in [2.05, 4.69) is 4.72 Å². The minimum absolute atomic E-state index is 0.171. The van der Waals surface area contributed by atoms with E-state index in [1.165, 1.54) is 17.4 Å². The first kappa shape index (κ1) is 17.0. The molecule has 0 unspecified atom stereocenters. The van der Waals surface area contributed by atoms with Crippen molar-refractivity contribution in [2.24, 2.45) is 0 Å². The van der Waals surface area contributed by atoms with E-state index in [4.69, 9.17) is 4.74 Å². The molecule has 0 spiro atoms. The van der Waals surface area contributed by atoms with E-state index in [0.29, 0.717) is 12.2 Å². The number of hydrogen-bond acceptors (Lipinski definition) is 5. The average Bonchev–Trinajstić information content (AvgIpc) is 3.01. The van der Waals surface area contributed by atoms with Crippen molar-refractivity contribution in [3.63, 3.8) is 0 Å². The maximum absolute atomic E-state index is 12.2. The lowest BCUT2D eigenvalue weighted by molar-refractivity contribution is 0.169. The zero-order valence-corrected chi connectivity index (χ0v) is 14.1. The Morgan fingerprint density at radius 1 is 1.36 bits per heavy atom. The van der Waals surface area contributed by atoms with Crippen molar-refractivity contribution in [1.82, 2.24) is 4.72 Å². The molecule has 0 radical (unpaired) electrons. The SMILES string of the molecule is COc1ccc(S(=O)(=O)NCC[C@@H](O)c2ccsc2)cc1C. The molecule has 120 valence electrons. The van der Waals surface area contributed by atoms with Crippen LogP contribution in [0.25, 0.3) is 0 Å². The zero-order chi connectivity index (χ0) is 16.2. The van der Waals surface area contributed by atoms with Crippen molar-refractivity contribution in [1.29, 1.82) is 0 Å². The number of aryl methyl sites for hydroxylation is 1. The monoisotopic (exact) mass is 341 g/mol. The highest BCUT2D eigenvalue weighted by Crippen LogP contribution is 2.22. The number of aliphatic hydroxyl groups excluding tert-OH is 1. The third kappa shape index (κ3) is 4.07. The van der Waals surface area contributed by atoms with Gasteiger partial charge in [-0.05, 0) is 59.5 Å². The normalized spacial score (nSPS) is 13.0. The molecule has 2 N–H and O–H groups in total. The summed E-state index contributed by atoms with van der Waals surface area (Å²) in [6.45, 7) is 1.96. The Kier molecular flexibility index (Phi) is 5.57. The Balaban J connectivity index is 1.98. The summed E-state index contributed by atoms with van der Waals surface area (Å²) >= 11 is 1.50. The molecule has 2 rings (SSSR count). The van der Waals surface area contributed by atoms with Crippen molar-refractivity contribution >= 4 is 21.4 Å². The summed E-state index contributed by atoms with van der Waals surface area (Å²) in [5.74, 6) is 0.645.